The Bertz CT molecular complexity index is 1270. The van der Waals surface area contributed by atoms with Gasteiger partial charge in [-0.2, -0.15) is 5.26 Å². The monoisotopic (exact) mass is 467 g/mol. The SMILES string of the molecule is N#CCN(C(=O)COC(=O)C(Cc1ccccc1)N1C(=O)c2ccccc2C1=O)c1ccccc1. The van der Waals surface area contributed by atoms with Gasteiger partial charge in [0.1, 0.15) is 12.6 Å². The van der Waals surface area contributed by atoms with Gasteiger partial charge < -0.3 is 4.74 Å². The summed E-state index contributed by atoms with van der Waals surface area (Å²) in [5, 5.41) is 9.13. The molecule has 0 aromatic heterocycles. The summed E-state index contributed by atoms with van der Waals surface area (Å²) in [5.41, 5.74) is 1.62. The number of benzene rings is 3. The van der Waals surface area contributed by atoms with E-state index in [1.54, 1.807) is 66.7 Å². The molecule has 0 radical (unpaired) electrons. The third kappa shape index (κ3) is 4.94. The molecule has 8 nitrogen and oxygen atoms in total. The van der Waals surface area contributed by atoms with E-state index in [1.165, 1.54) is 17.0 Å². The zero-order valence-electron chi connectivity index (χ0n) is 18.7. The lowest BCUT2D eigenvalue weighted by atomic mass is 10.0. The van der Waals surface area contributed by atoms with Crippen molar-refractivity contribution in [1.29, 1.82) is 5.26 Å². The number of nitrogens with zero attached hydrogens (tertiary/aromatic N) is 3. The van der Waals surface area contributed by atoms with Gasteiger partial charge in [0.05, 0.1) is 17.2 Å². The summed E-state index contributed by atoms with van der Waals surface area (Å²) in [6, 6.07) is 24.5. The van der Waals surface area contributed by atoms with Gasteiger partial charge in [0.25, 0.3) is 17.7 Å². The molecule has 0 bridgehead atoms. The predicted molar refractivity (Wildman–Crippen MR) is 126 cm³/mol. The number of rotatable bonds is 8. The summed E-state index contributed by atoms with van der Waals surface area (Å²) in [6.07, 6.45) is 0.0277. The minimum atomic E-state index is -1.27. The number of nitriles is 1. The molecule has 3 amide bonds. The van der Waals surface area contributed by atoms with Crippen LogP contribution in [0.1, 0.15) is 26.3 Å². The molecule has 3 aromatic rings. The van der Waals surface area contributed by atoms with E-state index in [0.29, 0.717) is 11.3 Å². The lowest BCUT2D eigenvalue weighted by Crippen LogP contribution is -2.48. The van der Waals surface area contributed by atoms with Crippen molar-refractivity contribution in [2.24, 2.45) is 0 Å². The molecule has 35 heavy (non-hydrogen) atoms. The third-order valence-electron chi connectivity index (χ3n) is 5.62. The molecule has 174 valence electrons. The maximum atomic E-state index is 13.2. The Hall–Kier alpha value is -4.77. The number of hydrogen-bond acceptors (Lipinski definition) is 6. The van der Waals surface area contributed by atoms with Crippen LogP contribution in [0.15, 0.2) is 84.9 Å². The molecule has 0 N–H and O–H groups in total. The van der Waals surface area contributed by atoms with Gasteiger partial charge in [-0.1, -0.05) is 60.7 Å². The number of esters is 1. The smallest absolute Gasteiger partial charge is 0.330 e. The van der Waals surface area contributed by atoms with Gasteiger partial charge >= 0.3 is 5.97 Å². The lowest BCUT2D eigenvalue weighted by Gasteiger charge is -2.25. The number of hydrogen-bond donors (Lipinski definition) is 0. The summed E-state index contributed by atoms with van der Waals surface area (Å²) >= 11 is 0. The molecule has 8 heteroatoms. The molecular formula is C27H21N3O5. The highest BCUT2D eigenvalue weighted by molar-refractivity contribution is 6.22. The van der Waals surface area contributed by atoms with Crippen molar-refractivity contribution in [1.82, 2.24) is 4.90 Å². The molecule has 3 aromatic carbocycles. The van der Waals surface area contributed by atoms with E-state index in [1.807, 2.05) is 12.1 Å². The van der Waals surface area contributed by atoms with E-state index in [2.05, 4.69) is 0 Å². The van der Waals surface area contributed by atoms with E-state index in [0.717, 1.165) is 4.90 Å². The van der Waals surface area contributed by atoms with Crippen LogP contribution in [0.4, 0.5) is 5.69 Å². The third-order valence-corrected chi connectivity index (χ3v) is 5.62. The van der Waals surface area contributed by atoms with Crippen LogP contribution < -0.4 is 4.90 Å². The average Bonchev–Trinajstić information content (AvgIpc) is 3.15. The molecular weight excluding hydrogens is 446 g/mol. The van der Waals surface area contributed by atoms with E-state index in [4.69, 9.17) is 10.00 Å². The number of anilines is 1. The second-order valence-corrected chi connectivity index (χ2v) is 7.81. The first-order valence-electron chi connectivity index (χ1n) is 10.9. The van der Waals surface area contributed by atoms with Crippen LogP contribution in [0.25, 0.3) is 0 Å². The van der Waals surface area contributed by atoms with Gasteiger partial charge in [0.2, 0.25) is 0 Å². The van der Waals surface area contributed by atoms with Gasteiger partial charge in [-0.05, 0) is 29.8 Å². The number of carbonyl (C=O) groups is 4. The standard InChI is InChI=1S/C27H21N3O5/c28-15-16-29(20-11-5-2-6-12-20)24(31)18-35-27(34)23(17-19-9-3-1-4-10-19)30-25(32)21-13-7-8-14-22(21)26(30)33/h1-14,23H,16-18H2. The lowest BCUT2D eigenvalue weighted by molar-refractivity contribution is -0.151. The van der Waals surface area contributed by atoms with Crippen LogP contribution in [0.2, 0.25) is 0 Å². The first-order valence-corrected chi connectivity index (χ1v) is 10.9. The van der Waals surface area contributed by atoms with Crippen LogP contribution in [-0.4, -0.2) is 47.8 Å². The second-order valence-electron chi connectivity index (χ2n) is 7.81. The molecule has 1 unspecified atom stereocenters. The van der Waals surface area contributed by atoms with Crippen molar-refractivity contribution in [3.8, 4) is 6.07 Å². The molecule has 1 atom stereocenters. The normalized spacial score (nSPS) is 13.1. The maximum Gasteiger partial charge on any atom is 0.330 e. The zero-order valence-corrected chi connectivity index (χ0v) is 18.7. The van der Waals surface area contributed by atoms with Crippen molar-refractivity contribution >= 4 is 29.4 Å². The van der Waals surface area contributed by atoms with Crippen molar-refractivity contribution in [3.63, 3.8) is 0 Å². The fraction of sp³-hybridized carbons (Fsp3) is 0.148. The van der Waals surface area contributed by atoms with E-state index >= 15 is 0 Å². The average molecular weight is 467 g/mol. The quantitative estimate of drug-likeness (QED) is 0.286. The first-order chi connectivity index (χ1) is 17.0. The number of carbonyl (C=O) groups excluding carboxylic acids is 4. The minimum absolute atomic E-state index is 0.0277. The molecule has 1 aliphatic rings. The van der Waals surface area contributed by atoms with Crippen molar-refractivity contribution in [2.45, 2.75) is 12.5 Å². The number of imide groups is 1. The van der Waals surface area contributed by atoms with Gasteiger partial charge in [0.15, 0.2) is 6.61 Å². The van der Waals surface area contributed by atoms with Crippen molar-refractivity contribution < 1.29 is 23.9 Å². The Morgan fingerprint density at radius 2 is 1.40 bits per heavy atom. The Morgan fingerprint density at radius 3 is 1.97 bits per heavy atom. The van der Waals surface area contributed by atoms with Gasteiger partial charge in [-0.15, -0.1) is 0 Å². The van der Waals surface area contributed by atoms with E-state index in [-0.39, 0.29) is 24.1 Å². The summed E-state index contributed by atoms with van der Waals surface area (Å²) in [6.45, 7) is -0.879. The highest BCUT2D eigenvalue weighted by Gasteiger charge is 2.43. The van der Waals surface area contributed by atoms with Gasteiger partial charge in [-0.25, -0.2) is 4.79 Å². The van der Waals surface area contributed by atoms with E-state index in [9.17, 15) is 19.2 Å². The van der Waals surface area contributed by atoms with Crippen molar-refractivity contribution in [2.75, 3.05) is 18.1 Å². The highest BCUT2D eigenvalue weighted by Crippen LogP contribution is 2.26. The molecule has 0 saturated carbocycles. The Labute approximate surface area is 201 Å². The molecule has 0 aliphatic carbocycles. The maximum absolute atomic E-state index is 13.2. The van der Waals surface area contributed by atoms with Crippen LogP contribution in [-0.2, 0) is 20.7 Å². The van der Waals surface area contributed by atoms with Crippen LogP contribution in [0.5, 0.6) is 0 Å². The highest BCUT2D eigenvalue weighted by atomic mass is 16.5. The molecule has 0 spiro atoms. The molecule has 0 saturated heterocycles. The van der Waals surface area contributed by atoms with Crippen LogP contribution in [0.3, 0.4) is 0 Å². The topological polar surface area (TPSA) is 108 Å². The summed E-state index contributed by atoms with van der Waals surface area (Å²) in [5.74, 6) is -2.68. The van der Waals surface area contributed by atoms with Crippen LogP contribution >= 0.6 is 0 Å². The number of amides is 3. The molecule has 1 heterocycles. The Kier molecular flexibility index (Phi) is 6.98. The predicted octanol–water partition coefficient (Wildman–Crippen LogP) is 2.99. The Balaban J connectivity index is 1.55. The minimum Gasteiger partial charge on any atom is -0.454 e. The Morgan fingerprint density at radius 1 is 0.857 bits per heavy atom. The van der Waals surface area contributed by atoms with Gasteiger partial charge in [0, 0.05) is 12.1 Å². The summed E-state index contributed by atoms with van der Waals surface area (Å²) in [4.78, 5) is 54.2. The zero-order chi connectivity index (χ0) is 24.8. The number of fused-ring (bicyclic) bond motifs is 1. The number of para-hydroxylation sites is 1. The first kappa shape index (κ1) is 23.4. The molecule has 0 fully saturated rings. The number of ether oxygens (including phenoxy) is 1. The fourth-order valence-corrected chi connectivity index (χ4v) is 3.92. The van der Waals surface area contributed by atoms with Gasteiger partial charge in [-0.3, -0.25) is 24.2 Å². The largest absolute Gasteiger partial charge is 0.454 e. The van der Waals surface area contributed by atoms with Crippen LogP contribution in [0, 0.1) is 11.3 Å². The second kappa shape index (κ2) is 10.4. The fourth-order valence-electron chi connectivity index (χ4n) is 3.92. The molecule has 4 rings (SSSR count). The van der Waals surface area contributed by atoms with E-state index < -0.39 is 36.3 Å². The molecule has 1 aliphatic heterocycles. The summed E-state index contributed by atoms with van der Waals surface area (Å²) < 4.78 is 5.31. The summed E-state index contributed by atoms with van der Waals surface area (Å²) in [7, 11) is 0. The van der Waals surface area contributed by atoms with Crippen molar-refractivity contribution in [3.05, 3.63) is 102 Å².